The minimum absolute atomic E-state index is 0.216. The summed E-state index contributed by atoms with van der Waals surface area (Å²) >= 11 is 0. The van der Waals surface area contributed by atoms with Crippen LogP contribution in [0, 0.1) is 0 Å². The first-order valence-electron chi connectivity index (χ1n) is 16.0. The molecule has 2 aromatic rings. The maximum absolute atomic E-state index is 6.33. The number of fused-ring (bicyclic) bond motifs is 1. The van der Waals surface area contributed by atoms with Crippen molar-refractivity contribution in [2.75, 3.05) is 39.6 Å². The summed E-state index contributed by atoms with van der Waals surface area (Å²) in [6.07, 6.45) is 16.5. The first kappa shape index (κ1) is 26.3. The third kappa shape index (κ3) is 4.98. The van der Waals surface area contributed by atoms with Crippen LogP contribution in [0.2, 0.25) is 0 Å². The number of allylic oxidation sites excluding steroid dienone is 8. The van der Waals surface area contributed by atoms with E-state index in [0.717, 1.165) is 76.5 Å². The summed E-state index contributed by atoms with van der Waals surface area (Å²) in [4.78, 5) is 0. The van der Waals surface area contributed by atoms with Gasteiger partial charge in [0.1, 0.15) is 36.9 Å². The van der Waals surface area contributed by atoms with Crippen molar-refractivity contribution in [1.29, 1.82) is 0 Å². The van der Waals surface area contributed by atoms with Gasteiger partial charge in [0.15, 0.2) is 0 Å². The Morgan fingerprint density at radius 1 is 0.651 bits per heavy atom. The molecule has 0 aromatic heterocycles. The van der Waals surface area contributed by atoms with E-state index >= 15 is 0 Å². The molecule has 9 rings (SSSR count). The Balaban J connectivity index is 1.21. The molecule has 0 N–H and O–H groups in total. The molecule has 2 aromatic carbocycles. The molecule has 222 valence electrons. The fourth-order valence-electron chi connectivity index (χ4n) is 7.40. The summed E-state index contributed by atoms with van der Waals surface area (Å²) in [5.41, 5.74) is 10.6. The predicted molar refractivity (Wildman–Crippen MR) is 162 cm³/mol. The molecule has 43 heavy (non-hydrogen) atoms. The molecule has 0 amide bonds. The van der Waals surface area contributed by atoms with E-state index in [1.807, 2.05) is 0 Å². The van der Waals surface area contributed by atoms with Crippen molar-refractivity contribution in [2.45, 2.75) is 68.4 Å². The quantitative estimate of drug-likeness (QED) is 0.300. The lowest BCUT2D eigenvalue weighted by molar-refractivity contribution is 0.260. The van der Waals surface area contributed by atoms with Gasteiger partial charge in [-0.3, -0.25) is 0 Å². The minimum Gasteiger partial charge on any atom is -0.491 e. The first-order chi connectivity index (χ1) is 21.3. The van der Waals surface area contributed by atoms with Gasteiger partial charge in [0, 0.05) is 12.8 Å². The highest BCUT2D eigenvalue weighted by Crippen LogP contribution is 2.59. The van der Waals surface area contributed by atoms with Gasteiger partial charge in [-0.15, -0.1) is 0 Å². The Morgan fingerprint density at radius 2 is 1.19 bits per heavy atom. The normalized spacial score (nSPS) is 31.2. The molecule has 3 aliphatic carbocycles. The van der Waals surface area contributed by atoms with Crippen LogP contribution in [0.4, 0.5) is 0 Å². The van der Waals surface area contributed by atoms with Crippen LogP contribution in [-0.4, -0.2) is 64.1 Å². The molecule has 4 atom stereocenters. The van der Waals surface area contributed by atoms with Crippen molar-refractivity contribution >= 4 is 0 Å². The van der Waals surface area contributed by atoms with E-state index in [-0.39, 0.29) is 29.8 Å². The van der Waals surface area contributed by atoms with Crippen LogP contribution < -0.4 is 9.47 Å². The molecule has 0 spiro atoms. The summed E-state index contributed by atoms with van der Waals surface area (Å²) < 4.78 is 35.0. The standard InChI is InChI=1S/C37H38O6/c1-3-7-33-31(5-1)32-6-2-4-8-34(32)37(33,25-9-11-35(42-21-29-19-40-29)23(13-25)15-27-17-38-27)26-10-12-36(43-22-30-20-41-30)24(14-26)16-28-18-39-28/h1,4-5,8-14,27-30H,2-3,6-7,15-22H2. The highest BCUT2D eigenvalue weighted by Gasteiger charge is 2.49. The molecule has 4 saturated heterocycles. The summed E-state index contributed by atoms with van der Waals surface area (Å²) in [5.74, 6) is 1.90. The number of hydrogen-bond acceptors (Lipinski definition) is 6. The van der Waals surface area contributed by atoms with Crippen LogP contribution in [-0.2, 0) is 37.2 Å². The predicted octanol–water partition coefficient (Wildman–Crippen LogP) is 5.72. The monoisotopic (exact) mass is 578 g/mol. The van der Waals surface area contributed by atoms with E-state index in [9.17, 15) is 0 Å². The molecular weight excluding hydrogens is 540 g/mol. The lowest BCUT2D eigenvalue weighted by Crippen LogP contribution is -2.32. The summed E-state index contributed by atoms with van der Waals surface area (Å²) in [7, 11) is 0. The van der Waals surface area contributed by atoms with Crippen molar-refractivity contribution in [3.63, 3.8) is 0 Å². The second kappa shape index (κ2) is 10.5. The van der Waals surface area contributed by atoms with Crippen LogP contribution in [0.3, 0.4) is 0 Å². The van der Waals surface area contributed by atoms with Gasteiger partial charge in [0.25, 0.3) is 0 Å². The topological polar surface area (TPSA) is 68.6 Å². The van der Waals surface area contributed by atoms with Crippen LogP contribution in [0.1, 0.15) is 47.9 Å². The Labute approximate surface area is 252 Å². The largest absolute Gasteiger partial charge is 0.491 e. The van der Waals surface area contributed by atoms with Gasteiger partial charge in [-0.05, 0) is 82.4 Å². The van der Waals surface area contributed by atoms with Crippen molar-refractivity contribution in [2.24, 2.45) is 0 Å². The Hall–Kier alpha value is -3.16. The number of epoxide rings is 4. The van der Waals surface area contributed by atoms with E-state index in [1.165, 1.54) is 44.5 Å². The van der Waals surface area contributed by atoms with Crippen LogP contribution in [0.15, 0.2) is 83.0 Å². The van der Waals surface area contributed by atoms with Crippen LogP contribution >= 0.6 is 0 Å². The highest BCUT2D eigenvalue weighted by atomic mass is 16.6. The van der Waals surface area contributed by atoms with E-state index in [4.69, 9.17) is 28.4 Å². The van der Waals surface area contributed by atoms with Gasteiger partial charge in [-0.25, -0.2) is 0 Å². The Kier molecular flexibility index (Phi) is 6.40. The Bertz CT molecular complexity index is 1490. The molecular formula is C37H38O6. The molecule has 6 nitrogen and oxygen atoms in total. The maximum atomic E-state index is 6.33. The smallest absolute Gasteiger partial charge is 0.122 e. The third-order valence-corrected chi connectivity index (χ3v) is 9.86. The van der Waals surface area contributed by atoms with E-state index in [0.29, 0.717) is 13.2 Å². The molecule has 4 aliphatic heterocycles. The SMILES string of the molecule is C1=CC2=C(CC1)C1=C(CCC=C1)C2(c1ccc(OCC2CO2)c(CC2CO2)c1)c1ccc(OCC2CO2)c(CC2CO2)c1. The zero-order valence-electron chi connectivity index (χ0n) is 24.5. The average molecular weight is 579 g/mol. The minimum atomic E-state index is -0.374. The van der Waals surface area contributed by atoms with Crippen molar-refractivity contribution in [3.8, 4) is 11.5 Å². The van der Waals surface area contributed by atoms with Crippen molar-refractivity contribution < 1.29 is 28.4 Å². The van der Waals surface area contributed by atoms with Gasteiger partial charge >= 0.3 is 0 Å². The lowest BCUT2D eigenvalue weighted by Gasteiger charge is -2.38. The van der Waals surface area contributed by atoms with Crippen molar-refractivity contribution in [1.82, 2.24) is 0 Å². The summed E-state index contributed by atoms with van der Waals surface area (Å²) in [5, 5.41) is 0. The van der Waals surface area contributed by atoms with Gasteiger partial charge in [-0.1, -0.05) is 48.6 Å². The van der Waals surface area contributed by atoms with Crippen LogP contribution in [0.5, 0.6) is 11.5 Å². The summed E-state index contributed by atoms with van der Waals surface area (Å²) in [6, 6.07) is 13.9. The first-order valence-corrected chi connectivity index (χ1v) is 16.0. The van der Waals surface area contributed by atoms with Gasteiger partial charge in [0.2, 0.25) is 0 Å². The van der Waals surface area contributed by atoms with Gasteiger partial charge < -0.3 is 28.4 Å². The fourth-order valence-corrected chi connectivity index (χ4v) is 7.40. The number of hydrogen-bond donors (Lipinski definition) is 0. The number of benzene rings is 2. The average Bonchev–Trinajstić information content (AvgIpc) is 3.85. The van der Waals surface area contributed by atoms with E-state index in [1.54, 1.807) is 0 Å². The summed E-state index contributed by atoms with van der Waals surface area (Å²) in [6.45, 7) is 4.41. The van der Waals surface area contributed by atoms with Gasteiger partial charge in [-0.2, -0.15) is 0 Å². The Morgan fingerprint density at radius 3 is 1.74 bits per heavy atom. The maximum Gasteiger partial charge on any atom is 0.122 e. The highest BCUT2D eigenvalue weighted by molar-refractivity contribution is 5.74. The molecule has 4 heterocycles. The van der Waals surface area contributed by atoms with E-state index < -0.39 is 0 Å². The molecule has 0 bridgehead atoms. The fraction of sp³-hybridized carbons (Fsp3) is 0.459. The van der Waals surface area contributed by atoms with E-state index in [2.05, 4.69) is 60.7 Å². The third-order valence-electron chi connectivity index (χ3n) is 9.86. The molecule has 0 radical (unpaired) electrons. The second-order valence-electron chi connectivity index (χ2n) is 12.9. The molecule has 7 aliphatic rings. The zero-order chi connectivity index (χ0) is 28.4. The van der Waals surface area contributed by atoms with Crippen LogP contribution in [0.25, 0.3) is 0 Å². The molecule has 4 unspecified atom stereocenters. The van der Waals surface area contributed by atoms with Crippen molar-refractivity contribution in [3.05, 3.63) is 105 Å². The second-order valence-corrected chi connectivity index (χ2v) is 12.9. The molecule has 0 saturated carbocycles. The zero-order valence-corrected chi connectivity index (χ0v) is 24.5. The molecule has 4 fully saturated rings. The number of ether oxygens (including phenoxy) is 6. The molecule has 6 heteroatoms. The lowest BCUT2D eigenvalue weighted by atomic mass is 9.63. The number of rotatable bonds is 12. The van der Waals surface area contributed by atoms with Gasteiger partial charge in [0.05, 0.1) is 44.1 Å².